The molecular formula is C19H22N3+. The van der Waals surface area contributed by atoms with Crippen LogP contribution in [0.25, 0.3) is 16.7 Å². The maximum Gasteiger partial charge on any atom is 0.250 e. The Kier molecular flexibility index (Phi) is 3.43. The van der Waals surface area contributed by atoms with E-state index in [2.05, 4.69) is 70.1 Å². The second kappa shape index (κ2) is 5.58. The molecule has 1 fully saturated rings. The molecule has 22 heavy (non-hydrogen) atoms. The molecule has 0 spiro atoms. The van der Waals surface area contributed by atoms with Gasteiger partial charge in [0.2, 0.25) is 6.33 Å². The van der Waals surface area contributed by atoms with Gasteiger partial charge in [0.05, 0.1) is 0 Å². The molecule has 3 nitrogen and oxygen atoms in total. The highest BCUT2D eigenvalue weighted by Crippen LogP contribution is 2.26. The molecule has 0 radical (unpaired) electrons. The van der Waals surface area contributed by atoms with Crippen LogP contribution in [0, 0.1) is 0 Å². The number of hydrogen-bond acceptors (Lipinski definition) is 1. The average molecular weight is 292 g/mol. The zero-order valence-corrected chi connectivity index (χ0v) is 12.7. The third kappa shape index (κ3) is 2.22. The number of para-hydroxylation sites is 3. The first-order valence-corrected chi connectivity index (χ1v) is 8.17. The number of fused-ring (bicyclic) bond motifs is 1. The zero-order valence-electron chi connectivity index (χ0n) is 12.7. The van der Waals surface area contributed by atoms with E-state index in [-0.39, 0.29) is 6.04 Å². The SMILES string of the molecule is N[C@@H]1CCCC[C@H]1[n+]1cn(-c2ccccc2)c2ccccc21. The summed E-state index contributed by atoms with van der Waals surface area (Å²) in [6.07, 6.45) is 7.07. The number of imidazole rings is 1. The lowest BCUT2D eigenvalue weighted by Gasteiger charge is -2.26. The number of benzene rings is 2. The fraction of sp³-hybridized carbons (Fsp3) is 0.316. The van der Waals surface area contributed by atoms with E-state index in [9.17, 15) is 0 Å². The molecule has 0 saturated heterocycles. The predicted octanol–water partition coefficient (Wildman–Crippen LogP) is 3.36. The van der Waals surface area contributed by atoms with Crippen molar-refractivity contribution in [3.63, 3.8) is 0 Å². The molecule has 3 aromatic rings. The molecule has 2 atom stereocenters. The van der Waals surface area contributed by atoms with E-state index in [0.29, 0.717) is 6.04 Å². The van der Waals surface area contributed by atoms with Crippen LogP contribution in [0.1, 0.15) is 31.7 Å². The zero-order chi connectivity index (χ0) is 14.9. The quantitative estimate of drug-likeness (QED) is 0.722. The van der Waals surface area contributed by atoms with Gasteiger partial charge in [-0.15, -0.1) is 0 Å². The lowest BCUT2D eigenvalue weighted by atomic mass is 9.91. The summed E-state index contributed by atoms with van der Waals surface area (Å²) in [7, 11) is 0. The van der Waals surface area contributed by atoms with Crippen LogP contribution in [-0.2, 0) is 0 Å². The third-order valence-corrected chi connectivity index (χ3v) is 4.83. The summed E-state index contributed by atoms with van der Waals surface area (Å²) < 4.78 is 4.67. The Bertz CT molecular complexity index is 776. The first-order valence-electron chi connectivity index (χ1n) is 8.17. The van der Waals surface area contributed by atoms with E-state index in [4.69, 9.17) is 5.73 Å². The van der Waals surface area contributed by atoms with Crippen LogP contribution in [0.15, 0.2) is 60.9 Å². The molecule has 1 heterocycles. The molecule has 1 aliphatic carbocycles. The van der Waals surface area contributed by atoms with E-state index in [1.165, 1.54) is 36.0 Å². The first kappa shape index (κ1) is 13.5. The van der Waals surface area contributed by atoms with Gasteiger partial charge in [0.15, 0.2) is 11.0 Å². The monoisotopic (exact) mass is 292 g/mol. The summed E-state index contributed by atoms with van der Waals surface area (Å²) in [5.41, 5.74) is 10.1. The van der Waals surface area contributed by atoms with Crippen molar-refractivity contribution in [2.24, 2.45) is 5.73 Å². The van der Waals surface area contributed by atoms with Gasteiger partial charge >= 0.3 is 0 Å². The molecule has 1 aromatic heterocycles. The van der Waals surface area contributed by atoms with Crippen molar-refractivity contribution in [3.8, 4) is 5.69 Å². The second-order valence-electron chi connectivity index (χ2n) is 6.23. The number of nitrogens with zero attached hydrogens (tertiary/aromatic N) is 2. The second-order valence-corrected chi connectivity index (χ2v) is 6.23. The molecule has 0 unspecified atom stereocenters. The molecule has 3 heteroatoms. The van der Waals surface area contributed by atoms with Gasteiger partial charge in [0.1, 0.15) is 11.7 Å². The Hall–Kier alpha value is -2.13. The molecule has 2 aromatic carbocycles. The Morgan fingerprint density at radius 1 is 0.909 bits per heavy atom. The van der Waals surface area contributed by atoms with Crippen molar-refractivity contribution in [2.75, 3.05) is 0 Å². The van der Waals surface area contributed by atoms with Crippen LogP contribution < -0.4 is 10.3 Å². The van der Waals surface area contributed by atoms with Crippen LogP contribution in [0.5, 0.6) is 0 Å². The molecule has 2 N–H and O–H groups in total. The van der Waals surface area contributed by atoms with Gasteiger partial charge in [-0.05, 0) is 43.5 Å². The molecule has 112 valence electrons. The molecule has 4 rings (SSSR count). The van der Waals surface area contributed by atoms with Crippen LogP contribution >= 0.6 is 0 Å². The maximum absolute atomic E-state index is 6.42. The van der Waals surface area contributed by atoms with Gasteiger partial charge in [0.25, 0.3) is 0 Å². The number of hydrogen-bond donors (Lipinski definition) is 1. The Labute approximate surface area is 131 Å². The molecular weight excluding hydrogens is 270 g/mol. The van der Waals surface area contributed by atoms with E-state index >= 15 is 0 Å². The normalized spacial score (nSPS) is 22.0. The standard InChI is InChI=1S/C19H22N3/c20-16-10-4-5-11-17(16)22-14-21(15-8-2-1-3-9-15)18-12-6-7-13-19(18)22/h1-3,6-9,12-14,16-17H,4-5,10-11,20H2/q+1/t16-,17-/m1/s1. The predicted molar refractivity (Wildman–Crippen MR) is 89.0 cm³/mol. The highest BCUT2D eigenvalue weighted by Gasteiger charge is 2.30. The van der Waals surface area contributed by atoms with Crippen molar-refractivity contribution in [2.45, 2.75) is 37.8 Å². The van der Waals surface area contributed by atoms with Crippen molar-refractivity contribution < 1.29 is 4.57 Å². The van der Waals surface area contributed by atoms with E-state index < -0.39 is 0 Å². The van der Waals surface area contributed by atoms with Crippen LogP contribution in [0.3, 0.4) is 0 Å². The Balaban J connectivity index is 1.89. The fourth-order valence-electron chi connectivity index (χ4n) is 3.68. The smallest absolute Gasteiger partial charge is 0.250 e. The summed E-state index contributed by atoms with van der Waals surface area (Å²) in [4.78, 5) is 0. The van der Waals surface area contributed by atoms with Gasteiger partial charge < -0.3 is 5.73 Å². The first-order chi connectivity index (χ1) is 10.8. The van der Waals surface area contributed by atoms with Gasteiger partial charge in [-0.1, -0.05) is 36.8 Å². The van der Waals surface area contributed by atoms with E-state index in [1.54, 1.807) is 0 Å². The summed E-state index contributed by atoms with van der Waals surface area (Å²) in [6.45, 7) is 0. The third-order valence-electron chi connectivity index (χ3n) is 4.83. The van der Waals surface area contributed by atoms with Crippen LogP contribution in [0.2, 0.25) is 0 Å². The summed E-state index contributed by atoms with van der Waals surface area (Å²) in [5, 5.41) is 0. The van der Waals surface area contributed by atoms with Gasteiger partial charge in [-0.2, -0.15) is 4.57 Å². The van der Waals surface area contributed by atoms with Gasteiger partial charge in [0, 0.05) is 6.04 Å². The molecule has 0 bridgehead atoms. The fourth-order valence-corrected chi connectivity index (χ4v) is 3.68. The minimum Gasteiger partial charge on any atom is -0.324 e. The minimum absolute atomic E-state index is 0.258. The lowest BCUT2D eigenvalue weighted by molar-refractivity contribution is -0.703. The van der Waals surface area contributed by atoms with E-state index in [1.807, 2.05) is 0 Å². The summed E-state index contributed by atoms with van der Waals surface area (Å²) in [6, 6.07) is 19.8. The Morgan fingerprint density at radius 3 is 2.45 bits per heavy atom. The van der Waals surface area contributed by atoms with Crippen molar-refractivity contribution in [3.05, 3.63) is 60.9 Å². The topological polar surface area (TPSA) is 34.8 Å². The van der Waals surface area contributed by atoms with Crippen LogP contribution in [-0.4, -0.2) is 10.6 Å². The number of nitrogens with two attached hydrogens (primary N) is 1. The highest BCUT2D eigenvalue weighted by atomic mass is 15.2. The number of rotatable bonds is 2. The van der Waals surface area contributed by atoms with Crippen molar-refractivity contribution >= 4 is 11.0 Å². The minimum atomic E-state index is 0.258. The maximum atomic E-state index is 6.42. The summed E-state index contributed by atoms with van der Waals surface area (Å²) in [5.74, 6) is 0. The van der Waals surface area contributed by atoms with Crippen molar-refractivity contribution in [1.29, 1.82) is 0 Å². The summed E-state index contributed by atoms with van der Waals surface area (Å²) >= 11 is 0. The highest BCUT2D eigenvalue weighted by molar-refractivity contribution is 5.74. The van der Waals surface area contributed by atoms with Gasteiger partial charge in [-0.3, -0.25) is 0 Å². The van der Waals surface area contributed by atoms with Crippen molar-refractivity contribution in [1.82, 2.24) is 4.57 Å². The largest absolute Gasteiger partial charge is 0.324 e. The van der Waals surface area contributed by atoms with E-state index in [0.717, 1.165) is 6.42 Å². The van der Waals surface area contributed by atoms with Gasteiger partial charge in [-0.25, -0.2) is 4.57 Å². The average Bonchev–Trinajstić information content (AvgIpc) is 2.96. The molecule has 0 aliphatic heterocycles. The lowest BCUT2D eigenvalue weighted by Crippen LogP contribution is -2.50. The molecule has 0 amide bonds. The molecule has 1 saturated carbocycles. The number of aromatic nitrogens is 2. The van der Waals surface area contributed by atoms with Crippen LogP contribution in [0.4, 0.5) is 0 Å². The molecule has 1 aliphatic rings. The Morgan fingerprint density at radius 2 is 1.64 bits per heavy atom.